The fraction of sp³-hybridized carbons (Fsp3) is 0.318. The number of esters is 1. The molecule has 2 aromatic carbocycles. The first-order valence-corrected chi connectivity index (χ1v) is 8.83. The Morgan fingerprint density at radius 3 is 2.42 bits per heavy atom. The van der Waals surface area contributed by atoms with Crippen LogP contribution in [-0.4, -0.2) is 24.8 Å². The molecule has 0 aliphatic heterocycles. The molecule has 0 aromatic heterocycles. The topological polar surface area (TPSA) is 55.8 Å². The van der Waals surface area contributed by atoms with Crippen molar-refractivity contribution >= 4 is 11.5 Å². The Kier molecular flexibility index (Phi) is 4.88. The second-order valence-corrected chi connectivity index (χ2v) is 6.67. The van der Waals surface area contributed by atoms with Crippen LogP contribution in [0, 0.1) is 5.92 Å². The van der Waals surface area contributed by atoms with Crippen LogP contribution in [-0.2, 0) is 15.1 Å². The van der Waals surface area contributed by atoms with E-state index in [2.05, 4.69) is 0 Å². The number of fused-ring (bicyclic) bond motifs is 1. The monoisotopic (exact) mass is 352 g/mol. The highest BCUT2D eigenvalue weighted by molar-refractivity contribution is 6.07. The Bertz CT molecular complexity index is 852. The van der Waals surface area contributed by atoms with Crippen molar-refractivity contribution in [1.29, 1.82) is 0 Å². The highest BCUT2D eigenvalue weighted by atomic mass is 16.5. The van der Waals surface area contributed by atoms with Gasteiger partial charge in [0.05, 0.1) is 19.3 Å². The van der Waals surface area contributed by atoms with Gasteiger partial charge in [-0.25, -0.2) is 4.79 Å². The number of carbonyl (C=O) groups is 1. The zero-order valence-corrected chi connectivity index (χ0v) is 15.6. The smallest absolute Gasteiger partial charge is 0.337 e. The molecule has 4 heteroatoms. The zero-order chi connectivity index (χ0) is 18.9. The van der Waals surface area contributed by atoms with E-state index in [-0.39, 0.29) is 12.5 Å². The van der Waals surface area contributed by atoms with E-state index in [0.717, 1.165) is 16.7 Å². The molecule has 0 radical (unpaired) electrons. The minimum atomic E-state index is -1.44. The van der Waals surface area contributed by atoms with E-state index < -0.39 is 11.6 Å². The second-order valence-electron chi connectivity index (χ2n) is 6.67. The van der Waals surface area contributed by atoms with E-state index in [1.807, 2.05) is 62.4 Å². The number of methoxy groups -OCH3 is 1. The summed E-state index contributed by atoms with van der Waals surface area (Å²) in [5.41, 5.74) is 1.95. The minimum absolute atomic E-state index is 0.228. The average molecular weight is 352 g/mol. The molecule has 0 saturated carbocycles. The molecule has 1 atom stereocenters. The van der Waals surface area contributed by atoms with Crippen LogP contribution in [0.5, 0.6) is 5.75 Å². The normalized spacial score (nSPS) is 18.8. The molecule has 0 saturated heterocycles. The molecule has 0 amide bonds. The number of aliphatic hydroxyl groups is 1. The van der Waals surface area contributed by atoms with E-state index in [1.54, 1.807) is 14.0 Å². The van der Waals surface area contributed by atoms with Gasteiger partial charge in [-0.2, -0.15) is 0 Å². The second kappa shape index (κ2) is 6.96. The summed E-state index contributed by atoms with van der Waals surface area (Å²) in [6.45, 7) is 5.81. The molecule has 2 aromatic rings. The van der Waals surface area contributed by atoms with Gasteiger partial charge in [-0.15, -0.1) is 0 Å². The van der Waals surface area contributed by atoms with Gasteiger partial charge in [0.15, 0.2) is 0 Å². The van der Waals surface area contributed by atoms with E-state index in [0.29, 0.717) is 16.9 Å². The van der Waals surface area contributed by atoms with Crippen molar-refractivity contribution in [2.75, 3.05) is 13.7 Å². The van der Waals surface area contributed by atoms with Crippen molar-refractivity contribution in [2.24, 2.45) is 5.92 Å². The summed E-state index contributed by atoms with van der Waals surface area (Å²) in [6.07, 6.45) is 0. The highest BCUT2D eigenvalue weighted by Gasteiger charge is 2.50. The Balaban J connectivity index is 2.36. The summed E-state index contributed by atoms with van der Waals surface area (Å²) >= 11 is 0. The number of hydrogen-bond acceptors (Lipinski definition) is 4. The van der Waals surface area contributed by atoms with Gasteiger partial charge in [-0.05, 0) is 36.1 Å². The van der Waals surface area contributed by atoms with E-state index in [1.165, 1.54) is 0 Å². The molecular weight excluding hydrogens is 328 g/mol. The van der Waals surface area contributed by atoms with E-state index in [4.69, 9.17) is 9.47 Å². The maximum atomic E-state index is 12.9. The van der Waals surface area contributed by atoms with Crippen molar-refractivity contribution in [3.63, 3.8) is 0 Å². The van der Waals surface area contributed by atoms with Gasteiger partial charge >= 0.3 is 5.97 Å². The molecular formula is C22H24O4. The fourth-order valence-electron chi connectivity index (χ4n) is 3.61. The number of hydrogen-bond donors (Lipinski definition) is 1. The highest BCUT2D eigenvalue weighted by Crippen LogP contribution is 2.52. The predicted octanol–water partition coefficient (Wildman–Crippen LogP) is 3.92. The quantitative estimate of drug-likeness (QED) is 0.829. The summed E-state index contributed by atoms with van der Waals surface area (Å²) in [7, 11) is 1.59. The Hall–Kier alpha value is -2.59. The molecule has 1 N–H and O–H groups in total. The lowest BCUT2D eigenvalue weighted by Gasteiger charge is -2.31. The van der Waals surface area contributed by atoms with Crippen LogP contribution in [0.4, 0.5) is 0 Å². The lowest BCUT2D eigenvalue weighted by molar-refractivity contribution is -0.142. The zero-order valence-electron chi connectivity index (χ0n) is 15.6. The van der Waals surface area contributed by atoms with Crippen molar-refractivity contribution in [3.05, 3.63) is 70.8 Å². The maximum absolute atomic E-state index is 12.9. The van der Waals surface area contributed by atoms with Gasteiger partial charge in [-0.3, -0.25) is 0 Å². The maximum Gasteiger partial charge on any atom is 0.337 e. The van der Waals surface area contributed by atoms with Gasteiger partial charge in [0.25, 0.3) is 0 Å². The van der Waals surface area contributed by atoms with Gasteiger partial charge < -0.3 is 14.6 Å². The summed E-state index contributed by atoms with van der Waals surface area (Å²) in [5, 5.41) is 11.7. The predicted molar refractivity (Wildman–Crippen MR) is 101 cm³/mol. The van der Waals surface area contributed by atoms with Crippen LogP contribution < -0.4 is 4.74 Å². The Morgan fingerprint density at radius 1 is 1.15 bits per heavy atom. The third-order valence-corrected chi connectivity index (χ3v) is 4.92. The first-order valence-electron chi connectivity index (χ1n) is 8.83. The van der Waals surface area contributed by atoms with Crippen molar-refractivity contribution < 1.29 is 19.4 Å². The summed E-state index contributed by atoms with van der Waals surface area (Å²) < 4.78 is 10.7. The van der Waals surface area contributed by atoms with Crippen LogP contribution in [0.15, 0.2) is 54.1 Å². The molecule has 0 fully saturated rings. The molecule has 0 heterocycles. The third-order valence-electron chi connectivity index (χ3n) is 4.92. The molecule has 136 valence electrons. The first kappa shape index (κ1) is 18.2. The van der Waals surface area contributed by atoms with Crippen molar-refractivity contribution in [1.82, 2.24) is 0 Å². The van der Waals surface area contributed by atoms with Gasteiger partial charge in [0.1, 0.15) is 11.4 Å². The molecule has 1 aliphatic carbocycles. The summed E-state index contributed by atoms with van der Waals surface area (Å²) in [5.74, 6) is -0.0768. The lowest BCUT2D eigenvalue weighted by atomic mass is 9.80. The largest absolute Gasteiger partial charge is 0.497 e. The van der Waals surface area contributed by atoms with Gasteiger partial charge in [0, 0.05) is 11.1 Å². The molecule has 0 bridgehead atoms. The number of carbonyl (C=O) groups excluding carboxylic acids is 1. The number of rotatable bonds is 5. The SMILES string of the molecule is CCOC(=O)C1=C(c2ccccc2)c2ccc(OC)cc2C1(O)C(C)C. The first-order chi connectivity index (χ1) is 12.4. The van der Waals surface area contributed by atoms with Crippen LogP contribution in [0.25, 0.3) is 5.57 Å². The Morgan fingerprint density at radius 2 is 1.85 bits per heavy atom. The van der Waals surface area contributed by atoms with Crippen LogP contribution in [0.2, 0.25) is 0 Å². The Labute approximate surface area is 154 Å². The third kappa shape index (κ3) is 2.71. The van der Waals surface area contributed by atoms with Crippen molar-refractivity contribution in [2.45, 2.75) is 26.4 Å². The van der Waals surface area contributed by atoms with Crippen LogP contribution >= 0.6 is 0 Å². The van der Waals surface area contributed by atoms with Gasteiger partial charge in [-0.1, -0.05) is 50.2 Å². The van der Waals surface area contributed by atoms with Gasteiger partial charge in [0.2, 0.25) is 0 Å². The number of benzene rings is 2. The molecule has 1 unspecified atom stereocenters. The molecule has 0 spiro atoms. The van der Waals surface area contributed by atoms with Crippen LogP contribution in [0.1, 0.15) is 37.5 Å². The fourth-order valence-corrected chi connectivity index (χ4v) is 3.61. The van der Waals surface area contributed by atoms with Crippen molar-refractivity contribution in [3.8, 4) is 5.75 Å². The molecule has 4 nitrogen and oxygen atoms in total. The van der Waals surface area contributed by atoms with E-state index >= 15 is 0 Å². The lowest BCUT2D eigenvalue weighted by Crippen LogP contribution is -2.36. The van der Waals surface area contributed by atoms with Crippen LogP contribution in [0.3, 0.4) is 0 Å². The minimum Gasteiger partial charge on any atom is -0.497 e. The molecule has 3 rings (SSSR count). The number of ether oxygens (including phenoxy) is 2. The van der Waals surface area contributed by atoms with E-state index in [9.17, 15) is 9.90 Å². The standard InChI is InChI=1S/C22H24O4/c1-5-26-21(23)20-19(15-9-7-6-8-10-15)17-12-11-16(25-4)13-18(17)22(20,24)14(2)3/h6-14,24H,5H2,1-4H3. The summed E-state index contributed by atoms with van der Waals surface area (Å²) in [6, 6.07) is 15.2. The molecule has 26 heavy (non-hydrogen) atoms. The average Bonchev–Trinajstić information content (AvgIpc) is 2.92. The summed E-state index contributed by atoms with van der Waals surface area (Å²) in [4.78, 5) is 12.9. The molecule has 1 aliphatic rings.